The summed E-state index contributed by atoms with van der Waals surface area (Å²) in [5.74, 6) is 3.03. The van der Waals surface area contributed by atoms with Crippen LogP contribution in [0.2, 0.25) is 0 Å². The zero-order valence-electron chi connectivity index (χ0n) is 19.1. The molecule has 0 saturated carbocycles. The van der Waals surface area contributed by atoms with Gasteiger partial charge < -0.3 is 29.5 Å². The maximum absolute atomic E-state index is 12.8. The summed E-state index contributed by atoms with van der Waals surface area (Å²) in [5.41, 5.74) is 1.62. The van der Waals surface area contributed by atoms with E-state index in [9.17, 15) is 4.79 Å². The minimum Gasteiger partial charge on any atom is -0.497 e. The fourth-order valence-electron chi connectivity index (χ4n) is 4.15. The molecule has 1 aromatic heterocycles. The SMILES string of the molecule is COc1cc(NC(=O)N2CCN(c3nc(C)cc(N4CCCCC4)n3)CC2)cc(OC)c1. The number of carbonyl (C=O) groups excluding carboxylic acids is 1. The summed E-state index contributed by atoms with van der Waals surface area (Å²) in [6.45, 7) is 6.71. The molecule has 0 atom stereocenters. The first-order chi connectivity index (χ1) is 15.6. The number of rotatable bonds is 5. The van der Waals surface area contributed by atoms with Crippen molar-refractivity contribution in [3.63, 3.8) is 0 Å². The first kappa shape index (κ1) is 22.0. The summed E-state index contributed by atoms with van der Waals surface area (Å²) in [4.78, 5) is 28.7. The predicted molar refractivity (Wildman–Crippen MR) is 125 cm³/mol. The Bertz CT molecular complexity index is 917. The highest BCUT2D eigenvalue weighted by Gasteiger charge is 2.24. The second-order valence-corrected chi connectivity index (χ2v) is 8.22. The van der Waals surface area contributed by atoms with E-state index in [0.29, 0.717) is 43.4 Å². The summed E-state index contributed by atoms with van der Waals surface area (Å²) in [6.07, 6.45) is 3.72. The van der Waals surface area contributed by atoms with Crippen LogP contribution in [0.1, 0.15) is 25.0 Å². The fourth-order valence-corrected chi connectivity index (χ4v) is 4.15. The predicted octanol–water partition coefficient (Wildman–Crippen LogP) is 3.15. The van der Waals surface area contributed by atoms with Gasteiger partial charge in [-0.2, -0.15) is 4.98 Å². The Morgan fingerprint density at radius 3 is 2.12 bits per heavy atom. The van der Waals surface area contributed by atoms with E-state index in [-0.39, 0.29) is 6.03 Å². The molecule has 0 unspecified atom stereocenters. The molecule has 32 heavy (non-hydrogen) atoms. The number of hydrogen-bond donors (Lipinski definition) is 1. The van der Waals surface area contributed by atoms with Crippen LogP contribution in [0.4, 0.5) is 22.2 Å². The number of anilines is 3. The van der Waals surface area contributed by atoms with Crippen molar-refractivity contribution in [1.82, 2.24) is 14.9 Å². The third-order valence-electron chi connectivity index (χ3n) is 5.96. The minimum absolute atomic E-state index is 0.140. The van der Waals surface area contributed by atoms with E-state index in [1.807, 2.05) is 11.8 Å². The number of amides is 2. The number of piperazine rings is 1. The van der Waals surface area contributed by atoms with E-state index in [1.165, 1.54) is 19.3 Å². The molecule has 9 heteroatoms. The number of ether oxygens (including phenoxy) is 2. The summed E-state index contributed by atoms with van der Waals surface area (Å²) in [6, 6.07) is 7.26. The van der Waals surface area contributed by atoms with Crippen LogP contribution in [0, 0.1) is 6.92 Å². The monoisotopic (exact) mass is 440 g/mol. The minimum atomic E-state index is -0.140. The normalized spacial score (nSPS) is 16.7. The van der Waals surface area contributed by atoms with E-state index in [0.717, 1.165) is 30.5 Å². The van der Waals surface area contributed by atoms with E-state index in [2.05, 4.69) is 26.2 Å². The lowest BCUT2D eigenvalue weighted by Gasteiger charge is -2.35. The number of hydrogen-bond acceptors (Lipinski definition) is 7. The van der Waals surface area contributed by atoms with Crippen LogP contribution >= 0.6 is 0 Å². The molecule has 0 spiro atoms. The van der Waals surface area contributed by atoms with E-state index in [4.69, 9.17) is 14.5 Å². The van der Waals surface area contributed by atoms with Gasteiger partial charge >= 0.3 is 6.03 Å². The van der Waals surface area contributed by atoms with Crippen molar-refractivity contribution in [2.24, 2.45) is 0 Å². The first-order valence-corrected chi connectivity index (χ1v) is 11.2. The zero-order chi connectivity index (χ0) is 22.5. The number of nitrogens with zero attached hydrogens (tertiary/aromatic N) is 5. The molecule has 0 aliphatic carbocycles. The van der Waals surface area contributed by atoms with Crippen LogP contribution < -0.4 is 24.6 Å². The maximum Gasteiger partial charge on any atom is 0.321 e. The lowest BCUT2D eigenvalue weighted by atomic mass is 10.1. The van der Waals surface area contributed by atoms with Crippen LogP contribution in [-0.2, 0) is 0 Å². The van der Waals surface area contributed by atoms with Crippen LogP contribution in [-0.4, -0.2) is 74.4 Å². The summed E-state index contributed by atoms with van der Waals surface area (Å²) in [5, 5.41) is 2.95. The quantitative estimate of drug-likeness (QED) is 0.765. The molecule has 3 heterocycles. The molecule has 2 aromatic rings. The van der Waals surface area contributed by atoms with Crippen molar-refractivity contribution >= 4 is 23.5 Å². The Morgan fingerprint density at radius 1 is 0.844 bits per heavy atom. The average Bonchev–Trinajstić information content (AvgIpc) is 2.84. The standard InChI is InChI=1S/C23H32N6O3/c1-17-13-21(27-7-5-4-6-8-27)26-22(24-17)28-9-11-29(12-10-28)23(30)25-18-14-19(31-2)16-20(15-18)32-3/h13-16H,4-12H2,1-3H3,(H,25,30). The Balaban J connectivity index is 1.38. The molecule has 0 bridgehead atoms. The number of aromatic nitrogens is 2. The average molecular weight is 441 g/mol. The Hall–Kier alpha value is -3.23. The van der Waals surface area contributed by atoms with Gasteiger partial charge in [0.15, 0.2) is 0 Å². The molecular weight excluding hydrogens is 408 g/mol. The molecule has 2 amide bonds. The van der Waals surface area contributed by atoms with Crippen molar-refractivity contribution in [2.45, 2.75) is 26.2 Å². The topological polar surface area (TPSA) is 83.1 Å². The molecule has 2 aliphatic heterocycles. The number of aryl methyl sites for hydroxylation is 1. The molecule has 172 valence electrons. The van der Waals surface area contributed by atoms with E-state index >= 15 is 0 Å². The van der Waals surface area contributed by atoms with Crippen LogP contribution in [0.25, 0.3) is 0 Å². The largest absolute Gasteiger partial charge is 0.497 e. The van der Waals surface area contributed by atoms with Gasteiger partial charge in [0.1, 0.15) is 17.3 Å². The smallest absolute Gasteiger partial charge is 0.321 e. The Labute approximate surface area is 189 Å². The van der Waals surface area contributed by atoms with Gasteiger partial charge in [0, 0.05) is 74.9 Å². The molecule has 4 rings (SSSR count). The zero-order valence-corrected chi connectivity index (χ0v) is 19.1. The number of nitrogens with one attached hydrogen (secondary N) is 1. The van der Waals surface area contributed by atoms with Crippen LogP contribution in [0.5, 0.6) is 11.5 Å². The van der Waals surface area contributed by atoms with Gasteiger partial charge in [-0.05, 0) is 26.2 Å². The molecular formula is C23H32N6O3. The third-order valence-corrected chi connectivity index (χ3v) is 5.96. The third kappa shape index (κ3) is 5.15. The van der Waals surface area contributed by atoms with E-state index < -0.39 is 0 Å². The van der Waals surface area contributed by atoms with Gasteiger partial charge in [0.25, 0.3) is 0 Å². The number of urea groups is 1. The number of carbonyl (C=O) groups is 1. The Kier molecular flexibility index (Phi) is 6.82. The van der Waals surface area contributed by atoms with Crippen LogP contribution in [0.15, 0.2) is 24.3 Å². The maximum atomic E-state index is 12.8. The lowest BCUT2D eigenvalue weighted by Crippen LogP contribution is -2.50. The molecule has 2 aliphatic rings. The van der Waals surface area contributed by atoms with Gasteiger partial charge in [-0.25, -0.2) is 9.78 Å². The van der Waals surface area contributed by atoms with Crippen molar-refractivity contribution in [3.8, 4) is 11.5 Å². The fraction of sp³-hybridized carbons (Fsp3) is 0.522. The van der Waals surface area contributed by atoms with Crippen LogP contribution in [0.3, 0.4) is 0 Å². The summed E-state index contributed by atoms with van der Waals surface area (Å²) in [7, 11) is 3.17. The number of methoxy groups -OCH3 is 2. The molecule has 2 saturated heterocycles. The van der Waals surface area contributed by atoms with Crippen molar-refractivity contribution < 1.29 is 14.3 Å². The van der Waals surface area contributed by atoms with Crippen molar-refractivity contribution in [1.29, 1.82) is 0 Å². The number of benzene rings is 1. The van der Waals surface area contributed by atoms with Crippen molar-refractivity contribution in [3.05, 3.63) is 30.0 Å². The number of piperidine rings is 1. The highest BCUT2D eigenvalue weighted by Crippen LogP contribution is 2.26. The van der Waals surface area contributed by atoms with Gasteiger partial charge in [0.05, 0.1) is 14.2 Å². The molecule has 0 radical (unpaired) electrons. The van der Waals surface area contributed by atoms with Gasteiger partial charge in [-0.3, -0.25) is 0 Å². The second-order valence-electron chi connectivity index (χ2n) is 8.22. The molecule has 1 aromatic carbocycles. The van der Waals surface area contributed by atoms with Gasteiger partial charge in [-0.1, -0.05) is 0 Å². The van der Waals surface area contributed by atoms with Gasteiger partial charge in [0.2, 0.25) is 5.95 Å². The molecule has 1 N–H and O–H groups in total. The van der Waals surface area contributed by atoms with E-state index in [1.54, 1.807) is 32.4 Å². The Morgan fingerprint density at radius 2 is 1.50 bits per heavy atom. The molecule has 9 nitrogen and oxygen atoms in total. The first-order valence-electron chi connectivity index (χ1n) is 11.2. The summed E-state index contributed by atoms with van der Waals surface area (Å²) < 4.78 is 10.6. The van der Waals surface area contributed by atoms with Gasteiger partial charge in [-0.15, -0.1) is 0 Å². The summed E-state index contributed by atoms with van der Waals surface area (Å²) >= 11 is 0. The highest BCUT2D eigenvalue weighted by atomic mass is 16.5. The molecule has 2 fully saturated rings. The van der Waals surface area contributed by atoms with Crippen molar-refractivity contribution in [2.75, 3.05) is 68.6 Å². The lowest BCUT2D eigenvalue weighted by molar-refractivity contribution is 0.208. The second kappa shape index (κ2) is 9.93. The highest BCUT2D eigenvalue weighted by molar-refractivity contribution is 5.90.